The number of aromatic nitrogens is 2. The second-order valence-electron chi connectivity index (χ2n) is 8.46. The number of urea groups is 1. The fourth-order valence-electron chi connectivity index (χ4n) is 4.84. The Balaban J connectivity index is 1.14. The molecule has 154 valence electrons. The zero-order valence-electron chi connectivity index (χ0n) is 16.5. The molecule has 3 aliphatic rings. The van der Waals surface area contributed by atoms with Crippen molar-refractivity contribution in [3.05, 3.63) is 24.4 Å². The van der Waals surface area contributed by atoms with Crippen LogP contribution >= 0.6 is 0 Å². The lowest BCUT2D eigenvalue weighted by Crippen LogP contribution is -2.54. The van der Waals surface area contributed by atoms with E-state index in [0.29, 0.717) is 25.4 Å². The summed E-state index contributed by atoms with van der Waals surface area (Å²) in [5.74, 6) is 1.52. The Morgan fingerprint density at radius 2 is 2.00 bits per heavy atom. The smallest absolute Gasteiger partial charge is 0.320 e. The van der Waals surface area contributed by atoms with Crippen molar-refractivity contribution in [1.82, 2.24) is 19.8 Å². The van der Waals surface area contributed by atoms with Gasteiger partial charge in [-0.1, -0.05) is 0 Å². The molecule has 0 aromatic carbocycles. The van der Waals surface area contributed by atoms with Crippen LogP contribution in [0.25, 0.3) is 11.1 Å². The van der Waals surface area contributed by atoms with Crippen molar-refractivity contribution < 1.29 is 18.7 Å². The van der Waals surface area contributed by atoms with Crippen molar-refractivity contribution in [1.29, 1.82) is 0 Å². The first-order chi connectivity index (χ1) is 14.2. The monoisotopic (exact) mass is 398 g/mol. The van der Waals surface area contributed by atoms with Gasteiger partial charge in [0.15, 0.2) is 17.3 Å². The molecule has 0 N–H and O–H groups in total. The van der Waals surface area contributed by atoms with E-state index in [1.807, 2.05) is 15.9 Å². The van der Waals surface area contributed by atoms with Crippen LogP contribution in [0, 0.1) is 11.8 Å². The van der Waals surface area contributed by atoms with Gasteiger partial charge in [0.25, 0.3) is 0 Å². The van der Waals surface area contributed by atoms with Gasteiger partial charge >= 0.3 is 6.03 Å². The van der Waals surface area contributed by atoms with E-state index >= 15 is 0 Å². The van der Waals surface area contributed by atoms with Gasteiger partial charge in [0.2, 0.25) is 0 Å². The number of hydrogen-bond donors (Lipinski definition) is 0. The number of ketones is 1. The number of carbonyl (C=O) groups is 2. The van der Waals surface area contributed by atoms with Crippen molar-refractivity contribution in [2.45, 2.75) is 38.2 Å². The standard InChI is InChI=1S/C21H26N4O4/c26-16-10-15-12-25(8-4-18(15)28-13-16)21(27)24-6-2-14(3-7-24)9-20-23-17-1-5-22-11-19(17)29-20/h1,5,11,14-15,18H,2-4,6-10,12-13H2/t15-,18+/m1/s1. The first-order valence-corrected chi connectivity index (χ1v) is 10.5. The molecule has 29 heavy (non-hydrogen) atoms. The Morgan fingerprint density at radius 1 is 1.17 bits per heavy atom. The van der Waals surface area contributed by atoms with Crippen molar-refractivity contribution in [2.24, 2.45) is 11.8 Å². The molecule has 8 nitrogen and oxygen atoms in total. The zero-order valence-corrected chi connectivity index (χ0v) is 16.5. The van der Waals surface area contributed by atoms with E-state index in [-0.39, 0.29) is 30.4 Å². The number of Topliss-reactive ketones (excluding diaryl/α,β-unsaturated/α-hetero) is 1. The molecular formula is C21H26N4O4. The van der Waals surface area contributed by atoms with Gasteiger partial charge in [-0.3, -0.25) is 9.78 Å². The third kappa shape index (κ3) is 3.85. The van der Waals surface area contributed by atoms with Crippen molar-refractivity contribution in [2.75, 3.05) is 32.8 Å². The van der Waals surface area contributed by atoms with Crippen molar-refractivity contribution in [3.63, 3.8) is 0 Å². The summed E-state index contributed by atoms with van der Waals surface area (Å²) in [7, 11) is 0. The molecule has 3 fully saturated rings. The molecular weight excluding hydrogens is 372 g/mol. The van der Waals surface area contributed by atoms with Gasteiger partial charge in [0.05, 0.1) is 12.3 Å². The number of piperidine rings is 2. The van der Waals surface area contributed by atoms with Gasteiger partial charge in [0, 0.05) is 51.1 Å². The van der Waals surface area contributed by atoms with Crippen LogP contribution < -0.4 is 0 Å². The van der Waals surface area contributed by atoms with E-state index in [0.717, 1.165) is 55.8 Å². The minimum absolute atomic E-state index is 0.104. The fourth-order valence-corrected chi connectivity index (χ4v) is 4.84. The summed E-state index contributed by atoms with van der Waals surface area (Å²) in [4.78, 5) is 37.1. The Morgan fingerprint density at radius 3 is 2.83 bits per heavy atom. The minimum Gasteiger partial charge on any atom is -0.439 e. The summed E-state index contributed by atoms with van der Waals surface area (Å²) in [6.07, 6.45) is 7.60. The van der Waals surface area contributed by atoms with Crippen LogP contribution in [0.4, 0.5) is 4.79 Å². The van der Waals surface area contributed by atoms with Gasteiger partial charge in [-0.05, 0) is 31.2 Å². The maximum atomic E-state index is 13.0. The number of rotatable bonds is 2. The maximum Gasteiger partial charge on any atom is 0.320 e. The normalized spacial score (nSPS) is 26.0. The van der Waals surface area contributed by atoms with Crippen LogP contribution in [0.2, 0.25) is 0 Å². The van der Waals surface area contributed by atoms with Gasteiger partial charge < -0.3 is 19.0 Å². The van der Waals surface area contributed by atoms with E-state index in [1.165, 1.54) is 0 Å². The summed E-state index contributed by atoms with van der Waals surface area (Å²) in [5.41, 5.74) is 1.57. The molecule has 8 heteroatoms. The van der Waals surface area contributed by atoms with Crippen molar-refractivity contribution >= 4 is 22.9 Å². The molecule has 3 saturated heterocycles. The average molecular weight is 398 g/mol. The third-order valence-corrected chi connectivity index (χ3v) is 6.47. The van der Waals surface area contributed by atoms with E-state index in [4.69, 9.17) is 9.15 Å². The number of fused-ring (bicyclic) bond motifs is 2. The molecule has 2 aromatic rings. The largest absolute Gasteiger partial charge is 0.439 e. The van der Waals surface area contributed by atoms with Crippen LogP contribution in [0.15, 0.2) is 22.9 Å². The Labute approximate surface area is 169 Å². The highest BCUT2D eigenvalue weighted by molar-refractivity contribution is 5.81. The van der Waals surface area contributed by atoms with Gasteiger partial charge in [0.1, 0.15) is 12.1 Å². The van der Waals surface area contributed by atoms with Crippen LogP contribution in [-0.2, 0) is 16.0 Å². The molecule has 3 aliphatic heterocycles. The molecule has 0 spiro atoms. The molecule has 2 amide bonds. The van der Waals surface area contributed by atoms with Gasteiger partial charge in [-0.15, -0.1) is 0 Å². The minimum atomic E-state index is 0.104. The second-order valence-corrected chi connectivity index (χ2v) is 8.46. The summed E-state index contributed by atoms with van der Waals surface area (Å²) >= 11 is 0. The van der Waals surface area contributed by atoms with Crippen LogP contribution in [0.5, 0.6) is 0 Å². The lowest BCUT2D eigenvalue weighted by molar-refractivity contribution is -0.140. The van der Waals surface area contributed by atoms with E-state index in [2.05, 4.69) is 9.97 Å². The number of oxazole rings is 1. The molecule has 0 unspecified atom stereocenters. The first-order valence-electron chi connectivity index (χ1n) is 10.5. The molecule has 5 rings (SSSR count). The number of ether oxygens (including phenoxy) is 1. The Hall–Kier alpha value is -2.48. The first kappa shape index (κ1) is 18.5. The Kier molecular flexibility index (Phi) is 4.95. The van der Waals surface area contributed by atoms with E-state index in [9.17, 15) is 9.59 Å². The summed E-state index contributed by atoms with van der Waals surface area (Å²) < 4.78 is 11.4. The summed E-state index contributed by atoms with van der Waals surface area (Å²) in [6.45, 7) is 3.09. The van der Waals surface area contributed by atoms with Crippen molar-refractivity contribution in [3.8, 4) is 0 Å². The van der Waals surface area contributed by atoms with Gasteiger partial charge in [-0.25, -0.2) is 9.78 Å². The second kappa shape index (κ2) is 7.74. The molecule has 0 saturated carbocycles. The highest BCUT2D eigenvalue weighted by Crippen LogP contribution is 2.29. The fraction of sp³-hybridized carbons (Fsp3) is 0.619. The molecule has 0 radical (unpaired) electrons. The number of nitrogens with zero attached hydrogens (tertiary/aromatic N) is 4. The number of amides is 2. The maximum absolute atomic E-state index is 13.0. The number of hydrogen-bond acceptors (Lipinski definition) is 6. The molecule has 2 atom stereocenters. The van der Waals surface area contributed by atoms with Crippen LogP contribution in [-0.4, -0.2) is 70.5 Å². The molecule has 0 aliphatic carbocycles. The molecule has 0 bridgehead atoms. The molecule has 5 heterocycles. The van der Waals surface area contributed by atoms with Crippen LogP contribution in [0.3, 0.4) is 0 Å². The average Bonchev–Trinajstić information content (AvgIpc) is 3.15. The highest BCUT2D eigenvalue weighted by Gasteiger charge is 2.38. The lowest BCUT2D eigenvalue weighted by Gasteiger charge is -2.43. The number of likely N-dealkylation sites (tertiary alicyclic amines) is 2. The predicted octanol–water partition coefficient (Wildman–Crippen LogP) is 2.28. The molecule has 2 aromatic heterocycles. The number of carbonyl (C=O) groups excluding carboxylic acids is 2. The highest BCUT2D eigenvalue weighted by atomic mass is 16.5. The van der Waals surface area contributed by atoms with E-state index in [1.54, 1.807) is 12.4 Å². The lowest BCUT2D eigenvalue weighted by atomic mass is 9.88. The Bertz CT molecular complexity index is 872. The quantitative estimate of drug-likeness (QED) is 0.771. The predicted molar refractivity (Wildman–Crippen MR) is 104 cm³/mol. The summed E-state index contributed by atoms with van der Waals surface area (Å²) in [5, 5.41) is 0. The SMILES string of the molecule is O=C1CO[C@H]2CCN(C(=O)N3CCC(Cc4nc5ccncc5o4)CC3)C[C@H]2C1. The van der Waals surface area contributed by atoms with E-state index < -0.39 is 0 Å². The topological polar surface area (TPSA) is 88.8 Å². The zero-order chi connectivity index (χ0) is 19.8. The van der Waals surface area contributed by atoms with Crippen LogP contribution in [0.1, 0.15) is 31.6 Å². The summed E-state index contributed by atoms with van der Waals surface area (Å²) in [6, 6.07) is 1.96. The third-order valence-electron chi connectivity index (χ3n) is 6.47. The van der Waals surface area contributed by atoms with Gasteiger partial charge in [-0.2, -0.15) is 0 Å². The number of pyridine rings is 1.